The molecule has 6 nitrogen and oxygen atoms in total. The van der Waals surface area contributed by atoms with Gasteiger partial charge in [0, 0.05) is 17.0 Å². The van der Waals surface area contributed by atoms with E-state index in [1.54, 1.807) is 11.8 Å². The quantitative estimate of drug-likeness (QED) is 0.497. The maximum atomic E-state index is 6.44. The van der Waals surface area contributed by atoms with Crippen LogP contribution in [-0.2, 0) is 11.2 Å². The number of nitrogens with zero attached hydrogens (tertiary/aromatic N) is 5. The summed E-state index contributed by atoms with van der Waals surface area (Å²) in [6, 6.07) is 8.21. The fourth-order valence-electron chi connectivity index (χ4n) is 3.44. The molecule has 0 spiro atoms. The van der Waals surface area contributed by atoms with Gasteiger partial charge in [0.05, 0.1) is 10.8 Å². The summed E-state index contributed by atoms with van der Waals surface area (Å²) in [5.41, 5.74) is 0.766. The summed E-state index contributed by atoms with van der Waals surface area (Å²) < 4.78 is 7.66. The largest absolute Gasteiger partial charge is 0.339 e. The van der Waals surface area contributed by atoms with Gasteiger partial charge in [-0.15, -0.1) is 10.2 Å². The lowest BCUT2D eigenvalue weighted by Crippen LogP contribution is -2.11. The molecule has 0 atom stereocenters. The number of halogens is 1. The third-order valence-corrected chi connectivity index (χ3v) is 6.18. The smallest absolute Gasteiger partial charge is 0.232 e. The number of rotatable bonds is 5. The Morgan fingerprint density at radius 3 is 2.61 bits per heavy atom. The van der Waals surface area contributed by atoms with E-state index in [0.29, 0.717) is 28.5 Å². The first-order valence-electron chi connectivity index (χ1n) is 9.59. The Balaban J connectivity index is 1.62. The minimum absolute atomic E-state index is 0.156. The first-order valence-corrected chi connectivity index (χ1v) is 11.0. The van der Waals surface area contributed by atoms with E-state index in [0.717, 1.165) is 29.4 Å². The van der Waals surface area contributed by atoms with Crippen LogP contribution < -0.4 is 0 Å². The molecule has 1 fully saturated rings. The molecule has 0 amide bonds. The molecule has 0 N–H and O–H groups in total. The lowest BCUT2D eigenvalue weighted by molar-refractivity contribution is 0.319. The Kier molecular flexibility index (Phi) is 5.47. The zero-order chi connectivity index (χ0) is 19.7. The van der Waals surface area contributed by atoms with Gasteiger partial charge in [-0.3, -0.25) is 4.57 Å². The lowest BCUT2D eigenvalue weighted by Gasteiger charge is -2.17. The van der Waals surface area contributed by atoms with Gasteiger partial charge in [-0.1, -0.05) is 74.3 Å². The van der Waals surface area contributed by atoms with Crippen molar-refractivity contribution in [2.75, 3.05) is 0 Å². The van der Waals surface area contributed by atoms with Crippen LogP contribution in [0.1, 0.15) is 64.2 Å². The van der Waals surface area contributed by atoms with Gasteiger partial charge in [0.15, 0.2) is 16.8 Å². The van der Waals surface area contributed by atoms with Crippen LogP contribution in [0.3, 0.4) is 0 Å². The number of thioether (sulfide) groups is 1. The van der Waals surface area contributed by atoms with Crippen molar-refractivity contribution >= 4 is 23.4 Å². The summed E-state index contributed by atoms with van der Waals surface area (Å²) >= 11 is 8.04. The summed E-state index contributed by atoms with van der Waals surface area (Å²) in [4.78, 5) is 4.53. The maximum absolute atomic E-state index is 6.44. The molecule has 148 valence electrons. The third-order valence-electron chi connectivity index (χ3n) is 4.91. The van der Waals surface area contributed by atoms with Crippen molar-refractivity contribution in [3.05, 3.63) is 41.0 Å². The van der Waals surface area contributed by atoms with Crippen LogP contribution in [0.2, 0.25) is 5.02 Å². The van der Waals surface area contributed by atoms with Gasteiger partial charge in [0.2, 0.25) is 5.89 Å². The molecular weight excluding hydrogens is 394 g/mol. The molecule has 0 bridgehead atoms. The molecule has 1 aliphatic rings. The van der Waals surface area contributed by atoms with Gasteiger partial charge in [-0.2, -0.15) is 4.98 Å². The average Bonchev–Trinajstić information content (AvgIpc) is 3.39. The van der Waals surface area contributed by atoms with Crippen molar-refractivity contribution in [2.45, 2.75) is 68.8 Å². The summed E-state index contributed by atoms with van der Waals surface area (Å²) in [5, 5.41) is 14.7. The van der Waals surface area contributed by atoms with Gasteiger partial charge in [0.25, 0.3) is 0 Å². The molecule has 0 radical (unpaired) electrons. The van der Waals surface area contributed by atoms with Gasteiger partial charge >= 0.3 is 0 Å². The Morgan fingerprint density at radius 1 is 1.18 bits per heavy atom. The predicted molar refractivity (Wildman–Crippen MR) is 111 cm³/mol. The van der Waals surface area contributed by atoms with Gasteiger partial charge < -0.3 is 4.52 Å². The molecule has 1 aliphatic carbocycles. The molecule has 3 aromatic rings. The van der Waals surface area contributed by atoms with Gasteiger partial charge in [0.1, 0.15) is 0 Å². The van der Waals surface area contributed by atoms with E-state index >= 15 is 0 Å². The van der Waals surface area contributed by atoms with Crippen LogP contribution in [-0.4, -0.2) is 24.9 Å². The van der Waals surface area contributed by atoms with Crippen LogP contribution in [0.25, 0.3) is 11.4 Å². The minimum atomic E-state index is -0.156. The van der Waals surface area contributed by atoms with E-state index < -0.39 is 0 Å². The summed E-state index contributed by atoms with van der Waals surface area (Å²) in [6.45, 7) is 6.18. The van der Waals surface area contributed by atoms with E-state index in [4.69, 9.17) is 16.1 Å². The van der Waals surface area contributed by atoms with E-state index in [1.165, 1.54) is 12.8 Å². The van der Waals surface area contributed by atoms with E-state index in [1.807, 2.05) is 24.3 Å². The van der Waals surface area contributed by atoms with Gasteiger partial charge in [-0.05, 0) is 25.0 Å². The molecule has 0 unspecified atom stereocenters. The van der Waals surface area contributed by atoms with Crippen molar-refractivity contribution in [2.24, 2.45) is 0 Å². The molecule has 1 saturated carbocycles. The van der Waals surface area contributed by atoms with Crippen molar-refractivity contribution in [3.8, 4) is 11.4 Å². The molecule has 4 rings (SSSR count). The van der Waals surface area contributed by atoms with Crippen LogP contribution in [0.5, 0.6) is 0 Å². The standard InChI is InChI=1S/C20H24ClN5OS/c1-20(2,3)18-22-16(25-27-18)12-28-19-24-23-17(14-10-6-7-11-15(14)21)26(19)13-8-4-5-9-13/h6-7,10-11,13H,4-5,8-9,12H2,1-3H3. The van der Waals surface area contributed by atoms with Crippen molar-refractivity contribution < 1.29 is 4.52 Å². The van der Waals surface area contributed by atoms with Crippen LogP contribution in [0.15, 0.2) is 33.9 Å². The molecule has 2 heterocycles. The maximum Gasteiger partial charge on any atom is 0.232 e. The van der Waals surface area contributed by atoms with Crippen LogP contribution >= 0.6 is 23.4 Å². The highest BCUT2D eigenvalue weighted by atomic mass is 35.5. The number of hydrogen-bond acceptors (Lipinski definition) is 6. The van der Waals surface area contributed by atoms with Crippen molar-refractivity contribution in [1.82, 2.24) is 24.9 Å². The lowest BCUT2D eigenvalue weighted by atomic mass is 9.97. The highest BCUT2D eigenvalue weighted by molar-refractivity contribution is 7.98. The van der Waals surface area contributed by atoms with Crippen molar-refractivity contribution in [1.29, 1.82) is 0 Å². The SMILES string of the molecule is CC(C)(C)c1nc(CSc2nnc(-c3ccccc3Cl)n2C2CCCC2)no1. The zero-order valence-electron chi connectivity index (χ0n) is 16.4. The van der Waals surface area contributed by atoms with Crippen molar-refractivity contribution in [3.63, 3.8) is 0 Å². The van der Waals surface area contributed by atoms with Crippen LogP contribution in [0, 0.1) is 0 Å². The highest BCUT2D eigenvalue weighted by Gasteiger charge is 2.26. The van der Waals surface area contributed by atoms with E-state index in [9.17, 15) is 0 Å². The molecule has 0 aliphatic heterocycles. The minimum Gasteiger partial charge on any atom is -0.339 e. The predicted octanol–water partition coefficient (Wildman–Crippen LogP) is 5.69. The third kappa shape index (κ3) is 3.96. The normalized spacial score (nSPS) is 15.4. The van der Waals surface area contributed by atoms with Crippen LogP contribution in [0.4, 0.5) is 0 Å². The molecule has 0 saturated heterocycles. The number of hydrogen-bond donors (Lipinski definition) is 0. The molecule has 8 heteroatoms. The first-order chi connectivity index (χ1) is 13.4. The van der Waals surface area contributed by atoms with E-state index in [-0.39, 0.29) is 5.41 Å². The Hall–Kier alpha value is -1.86. The summed E-state index contributed by atoms with van der Waals surface area (Å²) in [6.07, 6.45) is 4.74. The molecule has 2 aromatic heterocycles. The Morgan fingerprint density at radius 2 is 1.93 bits per heavy atom. The second-order valence-corrected chi connectivity index (χ2v) is 9.50. The summed E-state index contributed by atoms with van der Waals surface area (Å²) in [7, 11) is 0. The topological polar surface area (TPSA) is 69.6 Å². The Labute approximate surface area is 174 Å². The average molecular weight is 418 g/mol. The zero-order valence-corrected chi connectivity index (χ0v) is 17.9. The second kappa shape index (κ2) is 7.87. The fourth-order valence-corrected chi connectivity index (χ4v) is 4.51. The molecular formula is C20H24ClN5OS. The second-order valence-electron chi connectivity index (χ2n) is 8.15. The number of benzene rings is 1. The molecule has 28 heavy (non-hydrogen) atoms. The molecule has 1 aromatic carbocycles. The first kappa shape index (κ1) is 19.5. The highest BCUT2D eigenvalue weighted by Crippen LogP contribution is 2.38. The Bertz CT molecular complexity index is 956. The fraction of sp³-hybridized carbons (Fsp3) is 0.500. The van der Waals surface area contributed by atoms with E-state index in [2.05, 4.69) is 45.7 Å². The number of aromatic nitrogens is 5. The monoisotopic (exact) mass is 417 g/mol. The van der Waals surface area contributed by atoms with Gasteiger partial charge in [-0.25, -0.2) is 0 Å². The summed E-state index contributed by atoms with van der Waals surface area (Å²) in [5.74, 6) is 2.75.